The molecule has 2 aromatic carbocycles. The molecule has 5 nitrogen and oxygen atoms in total. The Morgan fingerprint density at radius 1 is 1.09 bits per heavy atom. The number of aromatic nitrogens is 4. The van der Waals surface area contributed by atoms with Crippen molar-refractivity contribution in [1.82, 2.24) is 20.2 Å². The fourth-order valence-corrected chi connectivity index (χ4v) is 2.74. The molecule has 0 bridgehead atoms. The van der Waals surface area contributed by atoms with Crippen molar-refractivity contribution in [2.24, 2.45) is 0 Å². The van der Waals surface area contributed by atoms with Crippen molar-refractivity contribution in [2.45, 2.75) is 25.3 Å². The molecular weight excluding hydrogens is 293 g/mol. The van der Waals surface area contributed by atoms with Crippen LogP contribution < -0.4 is 5.32 Å². The topological polar surface area (TPSA) is 55.6 Å². The second kappa shape index (κ2) is 5.46. The average molecular weight is 309 g/mol. The van der Waals surface area contributed by atoms with Crippen LogP contribution >= 0.6 is 0 Å². The molecule has 0 aliphatic heterocycles. The van der Waals surface area contributed by atoms with Crippen LogP contribution in [0.1, 0.15) is 23.5 Å². The first-order valence-corrected chi connectivity index (χ1v) is 7.58. The van der Waals surface area contributed by atoms with Crippen LogP contribution in [0.3, 0.4) is 0 Å². The van der Waals surface area contributed by atoms with Gasteiger partial charge in [0.25, 0.3) is 0 Å². The van der Waals surface area contributed by atoms with Crippen molar-refractivity contribution in [3.63, 3.8) is 0 Å². The predicted molar refractivity (Wildman–Crippen MR) is 85.1 cm³/mol. The van der Waals surface area contributed by atoms with Gasteiger partial charge in [-0.2, -0.15) is 4.68 Å². The summed E-state index contributed by atoms with van der Waals surface area (Å²) in [6, 6.07) is 15.0. The summed E-state index contributed by atoms with van der Waals surface area (Å²) in [7, 11) is 0. The summed E-state index contributed by atoms with van der Waals surface area (Å²) in [6.07, 6.45) is 0.992. The van der Waals surface area contributed by atoms with Gasteiger partial charge in [-0.3, -0.25) is 0 Å². The van der Waals surface area contributed by atoms with Gasteiger partial charge in [-0.05, 0) is 53.6 Å². The summed E-state index contributed by atoms with van der Waals surface area (Å²) < 4.78 is 14.7. The molecule has 1 heterocycles. The predicted octanol–water partition coefficient (Wildman–Crippen LogP) is 3.08. The van der Waals surface area contributed by atoms with E-state index in [1.807, 2.05) is 43.3 Å². The Labute approximate surface area is 133 Å². The molecule has 0 unspecified atom stereocenters. The fraction of sp³-hybridized carbons (Fsp3) is 0.235. The minimum atomic E-state index is -0.206. The number of hydrogen-bond acceptors (Lipinski definition) is 4. The van der Waals surface area contributed by atoms with Crippen molar-refractivity contribution < 1.29 is 4.39 Å². The van der Waals surface area contributed by atoms with E-state index in [0.29, 0.717) is 11.9 Å². The molecule has 1 saturated carbocycles. The molecule has 1 N–H and O–H groups in total. The number of rotatable bonds is 4. The Kier molecular flexibility index (Phi) is 3.29. The van der Waals surface area contributed by atoms with E-state index in [1.165, 1.54) is 17.7 Å². The molecular formula is C17H16FN5. The second-order valence-electron chi connectivity index (χ2n) is 5.89. The number of benzene rings is 2. The first kappa shape index (κ1) is 13.9. The largest absolute Gasteiger partial charge is 0.349 e. The maximum absolute atomic E-state index is 13.0. The van der Waals surface area contributed by atoms with Gasteiger partial charge in [-0.1, -0.05) is 34.9 Å². The van der Waals surface area contributed by atoms with Gasteiger partial charge in [-0.25, -0.2) is 4.39 Å². The van der Waals surface area contributed by atoms with E-state index in [9.17, 15) is 4.39 Å². The smallest absolute Gasteiger partial charge is 0.247 e. The monoisotopic (exact) mass is 309 g/mol. The van der Waals surface area contributed by atoms with E-state index in [0.717, 1.165) is 17.7 Å². The number of anilines is 1. The third kappa shape index (κ3) is 2.79. The van der Waals surface area contributed by atoms with Crippen LogP contribution in [0.25, 0.3) is 5.69 Å². The first-order chi connectivity index (χ1) is 11.2. The van der Waals surface area contributed by atoms with Crippen LogP contribution in [0.4, 0.5) is 10.3 Å². The number of hydrogen-bond donors (Lipinski definition) is 1. The highest BCUT2D eigenvalue weighted by Crippen LogP contribution is 2.42. The van der Waals surface area contributed by atoms with E-state index in [1.54, 1.807) is 4.68 Å². The summed E-state index contributed by atoms with van der Waals surface area (Å²) in [5, 5.41) is 15.3. The molecule has 23 heavy (non-hydrogen) atoms. The molecule has 1 aliphatic rings. The fourth-order valence-electron chi connectivity index (χ4n) is 2.74. The average Bonchev–Trinajstić information content (AvgIpc) is 3.16. The molecule has 0 saturated heterocycles. The molecule has 1 fully saturated rings. The lowest BCUT2D eigenvalue weighted by molar-refractivity contribution is 0.627. The zero-order valence-electron chi connectivity index (χ0n) is 12.6. The summed E-state index contributed by atoms with van der Waals surface area (Å²) in [4.78, 5) is 0. The lowest BCUT2D eigenvalue weighted by Gasteiger charge is -2.07. The first-order valence-electron chi connectivity index (χ1n) is 7.58. The van der Waals surface area contributed by atoms with Gasteiger partial charge in [0, 0.05) is 12.0 Å². The Bertz CT molecular complexity index is 810. The molecule has 6 heteroatoms. The van der Waals surface area contributed by atoms with Gasteiger partial charge < -0.3 is 5.32 Å². The van der Waals surface area contributed by atoms with Crippen LogP contribution in [0.2, 0.25) is 0 Å². The van der Waals surface area contributed by atoms with Crippen LogP contribution in [-0.2, 0) is 0 Å². The Morgan fingerprint density at radius 3 is 2.57 bits per heavy atom. The van der Waals surface area contributed by atoms with Crippen LogP contribution in [0.5, 0.6) is 0 Å². The standard InChI is InChI=1S/C17H16FN5/c1-11-2-8-14(9-3-11)23-17(20-21-22-23)19-16-10-15(16)12-4-6-13(18)7-5-12/h2-9,15-16H,10H2,1H3,(H,19,20,22)/t15-,16+/m0/s1. The summed E-state index contributed by atoms with van der Waals surface area (Å²) in [5.41, 5.74) is 3.25. The highest BCUT2D eigenvalue weighted by Gasteiger charge is 2.39. The number of nitrogens with one attached hydrogen (secondary N) is 1. The lowest BCUT2D eigenvalue weighted by atomic mass is 10.1. The number of halogens is 1. The molecule has 2 atom stereocenters. The van der Waals surface area contributed by atoms with Gasteiger partial charge in [0.1, 0.15) is 5.82 Å². The Hall–Kier alpha value is -2.76. The molecule has 1 aliphatic carbocycles. The number of aryl methyl sites for hydroxylation is 1. The Morgan fingerprint density at radius 2 is 1.83 bits per heavy atom. The molecule has 4 rings (SSSR count). The zero-order chi connectivity index (χ0) is 15.8. The molecule has 0 spiro atoms. The molecule has 0 radical (unpaired) electrons. The zero-order valence-corrected chi connectivity index (χ0v) is 12.6. The van der Waals surface area contributed by atoms with E-state index in [-0.39, 0.29) is 11.9 Å². The van der Waals surface area contributed by atoms with Crippen molar-refractivity contribution in [3.8, 4) is 5.69 Å². The molecule has 1 aromatic heterocycles. The van der Waals surface area contributed by atoms with Crippen molar-refractivity contribution >= 4 is 5.95 Å². The molecule has 3 aromatic rings. The van der Waals surface area contributed by atoms with Gasteiger partial charge >= 0.3 is 0 Å². The third-order valence-electron chi connectivity index (χ3n) is 4.15. The van der Waals surface area contributed by atoms with Crippen LogP contribution in [0, 0.1) is 12.7 Å². The quantitative estimate of drug-likeness (QED) is 0.804. The SMILES string of the molecule is Cc1ccc(-n2nnnc2N[C@@H]2C[C@H]2c2ccc(F)cc2)cc1. The van der Waals surface area contributed by atoms with Gasteiger partial charge in [-0.15, -0.1) is 0 Å². The van der Waals surface area contributed by atoms with E-state index in [2.05, 4.69) is 20.8 Å². The lowest BCUT2D eigenvalue weighted by Crippen LogP contribution is -2.10. The second-order valence-corrected chi connectivity index (χ2v) is 5.89. The Balaban J connectivity index is 1.50. The molecule has 0 amide bonds. The van der Waals surface area contributed by atoms with Crippen molar-refractivity contribution in [2.75, 3.05) is 5.32 Å². The summed E-state index contributed by atoms with van der Waals surface area (Å²) >= 11 is 0. The van der Waals surface area contributed by atoms with Crippen LogP contribution in [-0.4, -0.2) is 26.2 Å². The highest BCUT2D eigenvalue weighted by atomic mass is 19.1. The van der Waals surface area contributed by atoms with E-state index >= 15 is 0 Å². The van der Waals surface area contributed by atoms with E-state index in [4.69, 9.17) is 0 Å². The normalized spacial score (nSPS) is 19.6. The molecule has 116 valence electrons. The van der Waals surface area contributed by atoms with E-state index < -0.39 is 0 Å². The van der Waals surface area contributed by atoms with Gasteiger partial charge in [0.2, 0.25) is 5.95 Å². The maximum atomic E-state index is 13.0. The summed E-state index contributed by atoms with van der Waals surface area (Å²) in [5.74, 6) is 0.796. The summed E-state index contributed by atoms with van der Waals surface area (Å²) in [6.45, 7) is 2.04. The van der Waals surface area contributed by atoms with Crippen molar-refractivity contribution in [3.05, 3.63) is 65.5 Å². The maximum Gasteiger partial charge on any atom is 0.247 e. The number of tetrazole rings is 1. The van der Waals surface area contributed by atoms with Crippen LogP contribution in [0.15, 0.2) is 48.5 Å². The third-order valence-corrected chi connectivity index (χ3v) is 4.15. The minimum absolute atomic E-state index is 0.206. The highest BCUT2D eigenvalue weighted by molar-refractivity contribution is 5.43. The number of nitrogens with zero attached hydrogens (tertiary/aromatic N) is 4. The minimum Gasteiger partial charge on any atom is -0.349 e. The van der Waals surface area contributed by atoms with Gasteiger partial charge in [0.05, 0.1) is 5.69 Å². The van der Waals surface area contributed by atoms with Crippen molar-refractivity contribution in [1.29, 1.82) is 0 Å². The van der Waals surface area contributed by atoms with Gasteiger partial charge in [0.15, 0.2) is 0 Å².